The second kappa shape index (κ2) is 5.52. The molecular formula is C16H23N3O. The van der Waals surface area contributed by atoms with Crippen molar-refractivity contribution in [2.45, 2.75) is 32.2 Å². The monoisotopic (exact) mass is 273 g/mol. The van der Waals surface area contributed by atoms with E-state index in [1.54, 1.807) is 7.05 Å². The number of nitrogens with one attached hydrogen (secondary N) is 1. The second-order valence-electron chi connectivity index (χ2n) is 6.24. The molecule has 3 rings (SSSR count). The quantitative estimate of drug-likeness (QED) is 0.913. The maximum atomic E-state index is 12.1. The summed E-state index contributed by atoms with van der Waals surface area (Å²) in [6.07, 6.45) is 8.33. The minimum Gasteiger partial charge on any atom is -0.359 e. The van der Waals surface area contributed by atoms with E-state index < -0.39 is 0 Å². The Labute approximate surface area is 120 Å². The molecule has 0 bridgehead atoms. The number of nitrogens with zero attached hydrogens (tertiary/aromatic N) is 2. The number of likely N-dealkylation sites (tertiary alicyclic amines) is 1. The molecule has 2 aliphatic rings. The van der Waals surface area contributed by atoms with Crippen molar-refractivity contribution in [3.63, 3.8) is 0 Å². The van der Waals surface area contributed by atoms with Crippen molar-refractivity contribution in [1.29, 1.82) is 0 Å². The molecule has 20 heavy (non-hydrogen) atoms. The van der Waals surface area contributed by atoms with Gasteiger partial charge in [0.1, 0.15) is 0 Å². The Morgan fingerprint density at radius 1 is 1.45 bits per heavy atom. The lowest BCUT2D eigenvalue weighted by Crippen LogP contribution is -2.39. The van der Waals surface area contributed by atoms with Gasteiger partial charge in [-0.25, -0.2) is 0 Å². The van der Waals surface area contributed by atoms with Crippen molar-refractivity contribution in [3.05, 3.63) is 30.1 Å². The van der Waals surface area contributed by atoms with Crippen LogP contribution in [0.15, 0.2) is 24.5 Å². The second-order valence-corrected chi connectivity index (χ2v) is 6.24. The lowest BCUT2D eigenvalue weighted by molar-refractivity contribution is -0.127. The fourth-order valence-electron chi connectivity index (χ4n) is 4.08. The van der Waals surface area contributed by atoms with E-state index in [0.29, 0.717) is 0 Å². The molecule has 2 atom stereocenters. The van der Waals surface area contributed by atoms with Gasteiger partial charge in [0.15, 0.2) is 0 Å². The number of carbonyl (C=O) groups is 1. The van der Waals surface area contributed by atoms with Crippen molar-refractivity contribution in [2.75, 3.05) is 20.1 Å². The van der Waals surface area contributed by atoms with Crippen molar-refractivity contribution >= 4 is 5.91 Å². The molecule has 2 heterocycles. The van der Waals surface area contributed by atoms with Crippen LogP contribution in [0.1, 0.15) is 31.2 Å². The molecule has 108 valence electrons. The Kier molecular flexibility index (Phi) is 3.74. The number of carbonyl (C=O) groups excluding carboxylic acids is 1. The highest BCUT2D eigenvalue weighted by Gasteiger charge is 2.49. The summed E-state index contributed by atoms with van der Waals surface area (Å²) in [7, 11) is 1.76. The van der Waals surface area contributed by atoms with Crippen LogP contribution in [0.3, 0.4) is 0 Å². The molecule has 1 N–H and O–H groups in total. The SMILES string of the molecule is CNC(=O)C1CCCC12CCN(Cc1ccncc1)C2. The molecule has 2 unspecified atom stereocenters. The van der Waals surface area contributed by atoms with E-state index in [4.69, 9.17) is 0 Å². The average Bonchev–Trinajstić information content (AvgIpc) is 3.07. The first-order valence-corrected chi connectivity index (χ1v) is 7.56. The molecule has 1 aromatic heterocycles. The van der Waals surface area contributed by atoms with Crippen LogP contribution in [0.2, 0.25) is 0 Å². The Morgan fingerprint density at radius 3 is 3.00 bits per heavy atom. The summed E-state index contributed by atoms with van der Waals surface area (Å²) < 4.78 is 0. The van der Waals surface area contributed by atoms with Gasteiger partial charge in [-0.15, -0.1) is 0 Å². The summed E-state index contributed by atoms with van der Waals surface area (Å²) in [4.78, 5) is 18.7. The molecule has 1 spiro atoms. The number of aromatic nitrogens is 1. The molecule has 0 aromatic carbocycles. The summed E-state index contributed by atoms with van der Waals surface area (Å²) in [5.74, 6) is 0.461. The predicted octanol–water partition coefficient (Wildman–Crippen LogP) is 1.82. The van der Waals surface area contributed by atoms with Gasteiger partial charge in [-0.2, -0.15) is 0 Å². The van der Waals surface area contributed by atoms with Crippen LogP contribution in [0.4, 0.5) is 0 Å². The summed E-state index contributed by atoms with van der Waals surface area (Å²) in [6.45, 7) is 3.15. The highest BCUT2D eigenvalue weighted by molar-refractivity contribution is 5.79. The van der Waals surface area contributed by atoms with Crippen LogP contribution < -0.4 is 5.32 Å². The van der Waals surface area contributed by atoms with E-state index in [2.05, 4.69) is 27.3 Å². The molecule has 1 aliphatic heterocycles. The zero-order chi connectivity index (χ0) is 14.0. The van der Waals surface area contributed by atoms with Crippen molar-refractivity contribution in [1.82, 2.24) is 15.2 Å². The van der Waals surface area contributed by atoms with Gasteiger partial charge in [-0.3, -0.25) is 14.7 Å². The topological polar surface area (TPSA) is 45.2 Å². The smallest absolute Gasteiger partial charge is 0.223 e. The molecule has 1 aliphatic carbocycles. The van der Waals surface area contributed by atoms with E-state index in [0.717, 1.165) is 32.5 Å². The molecule has 0 radical (unpaired) electrons. The number of amides is 1. The van der Waals surface area contributed by atoms with E-state index in [1.807, 2.05) is 12.4 Å². The summed E-state index contributed by atoms with van der Waals surface area (Å²) in [5, 5.41) is 2.86. The van der Waals surface area contributed by atoms with E-state index in [-0.39, 0.29) is 17.2 Å². The summed E-state index contributed by atoms with van der Waals surface area (Å²) in [5.41, 5.74) is 1.54. The first-order chi connectivity index (χ1) is 9.73. The predicted molar refractivity (Wildman–Crippen MR) is 78.0 cm³/mol. The van der Waals surface area contributed by atoms with Gasteiger partial charge < -0.3 is 5.32 Å². The molecule has 1 aromatic rings. The van der Waals surface area contributed by atoms with E-state index in [1.165, 1.54) is 18.4 Å². The fourth-order valence-corrected chi connectivity index (χ4v) is 4.08. The molecular weight excluding hydrogens is 250 g/mol. The van der Waals surface area contributed by atoms with Crippen molar-refractivity contribution in [2.24, 2.45) is 11.3 Å². The average molecular weight is 273 g/mol. The standard InChI is InChI=1S/C16H23N3O/c1-17-15(20)14-3-2-6-16(14)7-10-19(12-16)11-13-4-8-18-9-5-13/h4-5,8-9,14H,2-3,6-7,10-12H2,1H3,(H,17,20). The molecule has 1 amide bonds. The highest BCUT2D eigenvalue weighted by atomic mass is 16.1. The van der Waals surface area contributed by atoms with Crippen LogP contribution in [0, 0.1) is 11.3 Å². The van der Waals surface area contributed by atoms with Gasteiger partial charge in [0.2, 0.25) is 5.91 Å². The Hall–Kier alpha value is -1.42. The van der Waals surface area contributed by atoms with E-state index >= 15 is 0 Å². The fraction of sp³-hybridized carbons (Fsp3) is 0.625. The van der Waals surface area contributed by atoms with Gasteiger partial charge in [-0.1, -0.05) is 6.42 Å². The van der Waals surface area contributed by atoms with Gasteiger partial charge in [0, 0.05) is 38.4 Å². The van der Waals surface area contributed by atoms with Crippen LogP contribution in [0.25, 0.3) is 0 Å². The van der Waals surface area contributed by atoms with Crippen LogP contribution in [0.5, 0.6) is 0 Å². The number of hydrogen-bond acceptors (Lipinski definition) is 3. The molecule has 1 saturated carbocycles. The minimum absolute atomic E-state index is 0.218. The Balaban J connectivity index is 1.68. The Morgan fingerprint density at radius 2 is 2.25 bits per heavy atom. The number of hydrogen-bond donors (Lipinski definition) is 1. The zero-order valence-corrected chi connectivity index (χ0v) is 12.1. The van der Waals surface area contributed by atoms with Crippen molar-refractivity contribution in [3.8, 4) is 0 Å². The molecule has 1 saturated heterocycles. The zero-order valence-electron chi connectivity index (χ0n) is 12.1. The minimum atomic E-state index is 0.218. The first-order valence-electron chi connectivity index (χ1n) is 7.56. The molecule has 4 heteroatoms. The number of pyridine rings is 1. The highest BCUT2D eigenvalue weighted by Crippen LogP contribution is 2.49. The van der Waals surface area contributed by atoms with Crippen LogP contribution in [-0.2, 0) is 11.3 Å². The van der Waals surface area contributed by atoms with Gasteiger partial charge in [0.25, 0.3) is 0 Å². The van der Waals surface area contributed by atoms with Crippen molar-refractivity contribution < 1.29 is 4.79 Å². The van der Waals surface area contributed by atoms with Gasteiger partial charge >= 0.3 is 0 Å². The molecule has 2 fully saturated rings. The lowest BCUT2D eigenvalue weighted by Gasteiger charge is -2.30. The maximum absolute atomic E-state index is 12.1. The Bertz CT molecular complexity index is 476. The lowest BCUT2D eigenvalue weighted by atomic mass is 9.76. The van der Waals surface area contributed by atoms with Gasteiger partial charge in [0.05, 0.1) is 0 Å². The van der Waals surface area contributed by atoms with Gasteiger partial charge in [-0.05, 0) is 48.9 Å². The third-order valence-electron chi connectivity index (χ3n) is 5.09. The normalized spacial score (nSPS) is 29.9. The largest absolute Gasteiger partial charge is 0.359 e. The number of rotatable bonds is 3. The van der Waals surface area contributed by atoms with E-state index in [9.17, 15) is 4.79 Å². The molecule has 4 nitrogen and oxygen atoms in total. The van der Waals surface area contributed by atoms with Crippen LogP contribution >= 0.6 is 0 Å². The maximum Gasteiger partial charge on any atom is 0.223 e. The summed E-state index contributed by atoms with van der Waals surface area (Å²) >= 11 is 0. The third-order valence-corrected chi connectivity index (χ3v) is 5.09. The first kappa shape index (κ1) is 13.6. The third kappa shape index (κ3) is 2.44. The van der Waals surface area contributed by atoms with Crippen LogP contribution in [-0.4, -0.2) is 35.9 Å². The summed E-state index contributed by atoms with van der Waals surface area (Å²) in [6, 6.07) is 4.16.